The molecule has 4 heteroatoms. The number of hydrogen-bond donors (Lipinski definition) is 2. The molecular formula is C11H19NO2S. The highest BCUT2D eigenvalue weighted by atomic mass is 32.1. The molecule has 2 N–H and O–H groups in total. The fraction of sp³-hybridized carbons (Fsp3) is 0.636. The molecule has 1 unspecified atom stereocenters. The summed E-state index contributed by atoms with van der Waals surface area (Å²) in [6.45, 7) is 3.82. The first-order chi connectivity index (χ1) is 7.27. The SMILES string of the molecule is COCC(CCO)NCc1sccc1C. The number of methoxy groups -OCH3 is 1. The zero-order valence-corrected chi connectivity index (χ0v) is 10.1. The van der Waals surface area contributed by atoms with Crippen LogP contribution in [-0.4, -0.2) is 31.5 Å². The Balaban J connectivity index is 2.36. The van der Waals surface area contributed by atoms with Gasteiger partial charge in [-0.15, -0.1) is 11.3 Å². The Morgan fingerprint density at radius 3 is 2.93 bits per heavy atom. The molecular weight excluding hydrogens is 210 g/mol. The second-order valence-electron chi connectivity index (χ2n) is 3.57. The van der Waals surface area contributed by atoms with Crippen LogP contribution in [0.3, 0.4) is 0 Å². The smallest absolute Gasteiger partial charge is 0.0616 e. The first-order valence-corrected chi connectivity index (χ1v) is 6.02. The molecule has 3 nitrogen and oxygen atoms in total. The topological polar surface area (TPSA) is 41.5 Å². The molecule has 1 rings (SSSR count). The number of aliphatic hydroxyl groups excluding tert-OH is 1. The Bertz CT molecular complexity index is 269. The van der Waals surface area contributed by atoms with Gasteiger partial charge in [0, 0.05) is 31.2 Å². The molecule has 0 spiro atoms. The third-order valence-corrected chi connectivity index (χ3v) is 3.39. The van der Waals surface area contributed by atoms with Crippen molar-refractivity contribution < 1.29 is 9.84 Å². The van der Waals surface area contributed by atoms with Crippen LogP contribution in [0.15, 0.2) is 11.4 Å². The van der Waals surface area contributed by atoms with E-state index in [0.29, 0.717) is 6.61 Å². The number of aliphatic hydroxyl groups is 1. The number of aryl methyl sites for hydroxylation is 1. The van der Waals surface area contributed by atoms with Gasteiger partial charge in [0.15, 0.2) is 0 Å². The standard InChI is InChI=1S/C11H19NO2S/c1-9-4-6-15-11(9)7-12-10(3-5-13)8-14-2/h4,6,10,12-13H,3,5,7-8H2,1-2H3. The van der Waals surface area contributed by atoms with Gasteiger partial charge in [0.25, 0.3) is 0 Å². The lowest BCUT2D eigenvalue weighted by molar-refractivity contribution is 0.148. The largest absolute Gasteiger partial charge is 0.396 e. The van der Waals surface area contributed by atoms with E-state index in [0.717, 1.165) is 13.0 Å². The molecule has 0 saturated carbocycles. The minimum absolute atomic E-state index is 0.199. The average Bonchev–Trinajstić information content (AvgIpc) is 2.61. The van der Waals surface area contributed by atoms with Crippen molar-refractivity contribution in [2.24, 2.45) is 0 Å². The van der Waals surface area contributed by atoms with Crippen molar-refractivity contribution in [1.29, 1.82) is 0 Å². The van der Waals surface area contributed by atoms with E-state index in [1.807, 2.05) is 0 Å². The second-order valence-corrected chi connectivity index (χ2v) is 4.57. The van der Waals surface area contributed by atoms with Gasteiger partial charge in [-0.1, -0.05) is 0 Å². The Hall–Kier alpha value is -0.420. The van der Waals surface area contributed by atoms with Gasteiger partial charge >= 0.3 is 0 Å². The molecule has 0 aliphatic heterocycles. The minimum atomic E-state index is 0.199. The van der Waals surface area contributed by atoms with Crippen LogP contribution in [0.1, 0.15) is 16.9 Å². The van der Waals surface area contributed by atoms with E-state index >= 15 is 0 Å². The summed E-state index contributed by atoms with van der Waals surface area (Å²) in [5.74, 6) is 0. The zero-order chi connectivity index (χ0) is 11.1. The molecule has 1 aromatic heterocycles. The van der Waals surface area contributed by atoms with Crippen LogP contribution in [0.2, 0.25) is 0 Å². The summed E-state index contributed by atoms with van der Waals surface area (Å²) in [5.41, 5.74) is 1.33. The van der Waals surface area contributed by atoms with E-state index in [1.165, 1.54) is 10.4 Å². The maximum Gasteiger partial charge on any atom is 0.0616 e. The molecule has 1 aromatic rings. The van der Waals surface area contributed by atoms with E-state index in [4.69, 9.17) is 9.84 Å². The van der Waals surface area contributed by atoms with Crippen LogP contribution in [0.5, 0.6) is 0 Å². The Morgan fingerprint density at radius 2 is 2.40 bits per heavy atom. The lowest BCUT2D eigenvalue weighted by atomic mass is 10.2. The molecule has 86 valence electrons. The summed E-state index contributed by atoms with van der Waals surface area (Å²) in [4.78, 5) is 1.36. The highest BCUT2D eigenvalue weighted by molar-refractivity contribution is 7.10. The molecule has 0 saturated heterocycles. The van der Waals surface area contributed by atoms with Crippen LogP contribution >= 0.6 is 11.3 Å². The van der Waals surface area contributed by atoms with Gasteiger partial charge in [0.1, 0.15) is 0 Å². The van der Waals surface area contributed by atoms with Crippen molar-refractivity contribution >= 4 is 11.3 Å². The monoisotopic (exact) mass is 229 g/mol. The maximum absolute atomic E-state index is 8.88. The third kappa shape index (κ3) is 4.30. The number of thiophene rings is 1. The quantitative estimate of drug-likeness (QED) is 0.745. The van der Waals surface area contributed by atoms with Crippen LogP contribution in [0, 0.1) is 6.92 Å². The molecule has 0 fully saturated rings. The maximum atomic E-state index is 8.88. The van der Waals surface area contributed by atoms with Gasteiger partial charge in [0.2, 0.25) is 0 Å². The van der Waals surface area contributed by atoms with Crippen molar-refractivity contribution in [3.05, 3.63) is 21.9 Å². The van der Waals surface area contributed by atoms with E-state index in [9.17, 15) is 0 Å². The summed E-state index contributed by atoms with van der Waals surface area (Å²) >= 11 is 1.76. The first-order valence-electron chi connectivity index (χ1n) is 5.14. The van der Waals surface area contributed by atoms with Crippen molar-refractivity contribution in [1.82, 2.24) is 5.32 Å². The second kappa shape index (κ2) is 6.95. The van der Waals surface area contributed by atoms with E-state index in [1.54, 1.807) is 18.4 Å². The molecule has 0 aliphatic carbocycles. The molecule has 0 radical (unpaired) electrons. The number of nitrogens with one attached hydrogen (secondary N) is 1. The molecule has 0 aliphatic rings. The van der Waals surface area contributed by atoms with E-state index in [-0.39, 0.29) is 12.6 Å². The predicted molar refractivity (Wildman–Crippen MR) is 63.3 cm³/mol. The fourth-order valence-corrected chi connectivity index (χ4v) is 2.28. The van der Waals surface area contributed by atoms with E-state index in [2.05, 4.69) is 23.7 Å². The molecule has 1 heterocycles. The van der Waals surface area contributed by atoms with Crippen molar-refractivity contribution in [2.75, 3.05) is 20.3 Å². The van der Waals surface area contributed by atoms with Gasteiger partial charge in [-0.2, -0.15) is 0 Å². The number of hydrogen-bond acceptors (Lipinski definition) is 4. The highest BCUT2D eigenvalue weighted by Gasteiger charge is 2.08. The highest BCUT2D eigenvalue weighted by Crippen LogP contribution is 2.15. The molecule has 0 amide bonds. The van der Waals surface area contributed by atoms with Crippen LogP contribution in [0.4, 0.5) is 0 Å². The van der Waals surface area contributed by atoms with Gasteiger partial charge < -0.3 is 15.2 Å². The van der Waals surface area contributed by atoms with Gasteiger partial charge in [-0.3, -0.25) is 0 Å². The minimum Gasteiger partial charge on any atom is -0.396 e. The molecule has 0 aromatic carbocycles. The molecule has 1 atom stereocenters. The first kappa shape index (κ1) is 12.6. The summed E-state index contributed by atoms with van der Waals surface area (Å²) in [5, 5.41) is 14.4. The fourth-order valence-electron chi connectivity index (χ4n) is 1.42. The summed E-state index contributed by atoms with van der Waals surface area (Å²) in [6, 6.07) is 2.36. The van der Waals surface area contributed by atoms with Gasteiger partial charge in [-0.05, 0) is 30.4 Å². The Morgan fingerprint density at radius 1 is 1.60 bits per heavy atom. The molecule has 0 bridgehead atoms. The van der Waals surface area contributed by atoms with Crippen molar-refractivity contribution in [2.45, 2.75) is 25.9 Å². The predicted octanol–water partition coefficient (Wildman–Crippen LogP) is 1.54. The number of rotatable bonds is 7. The van der Waals surface area contributed by atoms with E-state index < -0.39 is 0 Å². The lowest BCUT2D eigenvalue weighted by Gasteiger charge is -2.16. The van der Waals surface area contributed by atoms with Crippen LogP contribution < -0.4 is 5.32 Å². The Labute approximate surface area is 95.1 Å². The zero-order valence-electron chi connectivity index (χ0n) is 9.32. The van der Waals surface area contributed by atoms with Gasteiger partial charge in [0.05, 0.1) is 6.61 Å². The van der Waals surface area contributed by atoms with Crippen LogP contribution in [0.25, 0.3) is 0 Å². The molecule has 15 heavy (non-hydrogen) atoms. The van der Waals surface area contributed by atoms with Gasteiger partial charge in [-0.25, -0.2) is 0 Å². The summed E-state index contributed by atoms with van der Waals surface area (Å²) in [6.07, 6.45) is 0.734. The number of ether oxygens (including phenoxy) is 1. The Kier molecular flexibility index (Phi) is 5.86. The van der Waals surface area contributed by atoms with Crippen molar-refractivity contribution in [3.8, 4) is 0 Å². The van der Waals surface area contributed by atoms with Crippen LogP contribution in [-0.2, 0) is 11.3 Å². The summed E-state index contributed by atoms with van der Waals surface area (Å²) < 4.78 is 5.09. The van der Waals surface area contributed by atoms with Crippen molar-refractivity contribution in [3.63, 3.8) is 0 Å². The summed E-state index contributed by atoms with van der Waals surface area (Å²) in [7, 11) is 1.68. The lowest BCUT2D eigenvalue weighted by Crippen LogP contribution is -2.33. The normalized spacial score (nSPS) is 13.0. The third-order valence-electron chi connectivity index (χ3n) is 2.36. The average molecular weight is 229 g/mol.